The van der Waals surface area contributed by atoms with Gasteiger partial charge in [0.05, 0.1) is 0 Å². The second-order valence-corrected chi connectivity index (χ2v) is 3.93. The molecular formula is C8H16OS. The summed E-state index contributed by atoms with van der Waals surface area (Å²) in [5.41, 5.74) is 0.522. The standard InChI is InChI=1S/C8H16OS/c1-2-6-9-8-5-3-4-7-10-8/h8H,2-7H2,1H3. The minimum atomic E-state index is 0.522. The largest absolute Gasteiger partial charge is 0.368 e. The van der Waals surface area contributed by atoms with Crippen molar-refractivity contribution in [3.63, 3.8) is 0 Å². The molecule has 0 radical (unpaired) electrons. The van der Waals surface area contributed by atoms with Crippen LogP contribution in [0.2, 0.25) is 0 Å². The Morgan fingerprint density at radius 2 is 2.40 bits per heavy atom. The molecule has 0 amide bonds. The van der Waals surface area contributed by atoms with Gasteiger partial charge in [-0.05, 0) is 31.4 Å². The fourth-order valence-electron chi connectivity index (χ4n) is 1.09. The summed E-state index contributed by atoms with van der Waals surface area (Å²) in [4.78, 5) is 0. The predicted octanol–water partition coefficient (Wildman–Crippen LogP) is 2.66. The van der Waals surface area contributed by atoms with E-state index >= 15 is 0 Å². The Kier molecular flexibility index (Phi) is 4.23. The molecule has 1 heterocycles. The van der Waals surface area contributed by atoms with Crippen LogP contribution in [0.25, 0.3) is 0 Å². The second kappa shape index (κ2) is 5.03. The van der Waals surface area contributed by atoms with Gasteiger partial charge in [0.2, 0.25) is 0 Å². The maximum Gasteiger partial charge on any atom is 0.103 e. The van der Waals surface area contributed by atoms with Crippen molar-refractivity contribution in [1.82, 2.24) is 0 Å². The first-order chi connectivity index (χ1) is 4.93. The lowest BCUT2D eigenvalue weighted by molar-refractivity contribution is 0.104. The fourth-order valence-corrected chi connectivity index (χ4v) is 2.25. The average molecular weight is 160 g/mol. The van der Waals surface area contributed by atoms with Crippen molar-refractivity contribution in [2.75, 3.05) is 12.4 Å². The van der Waals surface area contributed by atoms with Crippen LogP contribution in [0.5, 0.6) is 0 Å². The molecule has 0 spiro atoms. The van der Waals surface area contributed by atoms with Gasteiger partial charge in [-0.1, -0.05) is 6.92 Å². The molecule has 1 fully saturated rings. The zero-order valence-corrected chi connectivity index (χ0v) is 7.45. The van der Waals surface area contributed by atoms with Gasteiger partial charge in [0.1, 0.15) is 5.44 Å². The highest BCUT2D eigenvalue weighted by atomic mass is 32.2. The SMILES string of the molecule is CCCOC1CCCCS1. The highest BCUT2D eigenvalue weighted by molar-refractivity contribution is 7.99. The van der Waals surface area contributed by atoms with Crippen molar-refractivity contribution in [2.45, 2.75) is 38.0 Å². The Morgan fingerprint density at radius 1 is 1.50 bits per heavy atom. The summed E-state index contributed by atoms with van der Waals surface area (Å²) in [6.07, 6.45) is 5.17. The molecule has 0 aromatic heterocycles. The Labute approximate surface area is 67.5 Å². The third-order valence-electron chi connectivity index (χ3n) is 1.65. The first-order valence-corrected chi connectivity index (χ1v) is 5.21. The number of thioether (sulfide) groups is 1. The maximum absolute atomic E-state index is 5.60. The van der Waals surface area contributed by atoms with E-state index in [0.717, 1.165) is 13.0 Å². The first-order valence-electron chi connectivity index (χ1n) is 4.16. The normalized spacial score (nSPS) is 26.7. The van der Waals surface area contributed by atoms with Crippen molar-refractivity contribution in [2.24, 2.45) is 0 Å². The Hall–Kier alpha value is 0.310. The van der Waals surface area contributed by atoms with E-state index in [1.165, 1.54) is 25.0 Å². The fraction of sp³-hybridized carbons (Fsp3) is 1.00. The quantitative estimate of drug-likeness (QED) is 0.627. The van der Waals surface area contributed by atoms with Crippen LogP contribution in [0.1, 0.15) is 32.6 Å². The molecule has 0 aromatic rings. The lowest BCUT2D eigenvalue weighted by atomic mass is 10.2. The molecule has 1 aliphatic rings. The molecule has 10 heavy (non-hydrogen) atoms. The minimum absolute atomic E-state index is 0.522. The van der Waals surface area contributed by atoms with Gasteiger partial charge >= 0.3 is 0 Å². The molecule has 1 aliphatic heterocycles. The molecular weight excluding hydrogens is 144 g/mol. The van der Waals surface area contributed by atoms with Crippen LogP contribution in [0, 0.1) is 0 Å². The summed E-state index contributed by atoms with van der Waals surface area (Å²) in [5, 5.41) is 0. The van der Waals surface area contributed by atoms with Gasteiger partial charge in [0.15, 0.2) is 0 Å². The van der Waals surface area contributed by atoms with Crippen LogP contribution in [-0.2, 0) is 4.74 Å². The van der Waals surface area contributed by atoms with Crippen LogP contribution in [-0.4, -0.2) is 17.8 Å². The summed E-state index contributed by atoms with van der Waals surface area (Å²) in [6, 6.07) is 0. The third-order valence-corrected chi connectivity index (χ3v) is 2.91. The second-order valence-electron chi connectivity index (χ2n) is 2.67. The molecule has 1 saturated heterocycles. The highest BCUT2D eigenvalue weighted by Gasteiger charge is 2.12. The van der Waals surface area contributed by atoms with E-state index in [-0.39, 0.29) is 0 Å². The summed E-state index contributed by atoms with van der Waals surface area (Å²) in [6.45, 7) is 3.10. The summed E-state index contributed by atoms with van der Waals surface area (Å²) >= 11 is 1.98. The van der Waals surface area contributed by atoms with E-state index < -0.39 is 0 Å². The molecule has 0 saturated carbocycles. The topological polar surface area (TPSA) is 9.23 Å². The first kappa shape index (κ1) is 8.41. The number of hydrogen-bond donors (Lipinski definition) is 0. The van der Waals surface area contributed by atoms with Gasteiger partial charge in [0.25, 0.3) is 0 Å². The number of rotatable bonds is 3. The third kappa shape index (κ3) is 2.93. The van der Waals surface area contributed by atoms with Crippen LogP contribution < -0.4 is 0 Å². The molecule has 0 bridgehead atoms. The molecule has 0 N–H and O–H groups in total. The molecule has 60 valence electrons. The average Bonchev–Trinajstić information content (AvgIpc) is 2.03. The molecule has 2 heteroatoms. The molecule has 1 atom stereocenters. The molecule has 0 aromatic carbocycles. The van der Waals surface area contributed by atoms with Crippen LogP contribution >= 0.6 is 11.8 Å². The van der Waals surface area contributed by atoms with Crippen molar-refractivity contribution in [1.29, 1.82) is 0 Å². The van der Waals surface area contributed by atoms with Gasteiger partial charge in [-0.25, -0.2) is 0 Å². The van der Waals surface area contributed by atoms with E-state index in [0.29, 0.717) is 5.44 Å². The molecule has 1 nitrogen and oxygen atoms in total. The lowest BCUT2D eigenvalue weighted by Gasteiger charge is -2.20. The summed E-state index contributed by atoms with van der Waals surface area (Å²) in [5.74, 6) is 1.30. The van der Waals surface area contributed by atoms with Gasteiger partial charge in [-0.15, -0.1) is 11.8 Å². The van der Waals surface area contributed by atoms with Gasteiger partial charge in [0, 0.05) is 6.61 Å². The summed E-state index contributed by atoms with van der Waals surface area (Å²) < 4.78 is 5.60. The van der Waals surface area contributed by atoms with Crippen molar-refractivity contribution in [3.8, 4) is 0 Å². The maximum atomic E-state index is 5.60. The molecule has 1 rings (SSSR count). The predicted molar refractivity (Wildman–Crippen MR) is 46.3 cm³/mol. The van der Waals surface area contributed by atoms with Crippen molar-refractivity contribution in [3.05, 3.63) is 0 Å². The van der Waals surface area contributed by atoms with Gasteiger partial charge in [-0.3, -0.25) is 0 Å². The van der Waals surface area contributed by atoms with Crippen LogP contribution in [0.15, 0.2) is 0 Å². The minimum Gasteiger partial charge on any atom is -0.368 e. The van der Waals surface area contributed by atoms with E-state index in [2.05, 4.69) is 6.92 Å². The van der Waals surface area contributed by atoms with Crippen molar-refractivity contribution >= 4 is 11.8 Å². The van der Waals surface area contributed by atoms with Gasteiger partial charge in [-0.2, -0.15) is 0 Å². The van der Waals surface area contributed by atoms with Crippen LogP contribution in [0.3, 0.4) is 0 Å². The zero-order valence-electron chi connectivity index (χ0n) is 6.64. The summed E-state index contributed by atoms with van der Waals surface area (Å²) in [7, 11) is 0. The van der Waals surface area contributed by atoms with Crippen molar-refractivity contribution < 1.29 is 4.74 Å². The Balaban J connectivity index is 2.02. The zero-order chi connectivity index (χ0) is 7.23. The van der Waals surface area contributed by atoms with E-state index in [1.54, 1.807) is 0 Å². The smallest absolute Gasteiger partial charge is 0.103 e. The lowest BCUT2D eigenvalue weighted by Crippen LogP contribution is -2.13. The molecule has 0 aliphatic carbocycles. The van der Waals surface area contributed by atoms with E-state index in [4.69, 9.17) is 4.74 Å². The Bertz CT molecular complexity index is 79.3. The monoisotopic (exact) mass is 160 g/mol. The highest BCUT2D eigenvalue weighted by Crippen LogP contribution is 2.25. The number of hydrogen-bond acceptors (Lipinski definition) is 2. The van der Waals surface area contributed by atoms with E-state index in [1.807, 2.05) is 11.8 Å². The number of ether oxygens (including phenoxy) is 1. The van der Waals surface area contributed by atoms with Gasteiger partial charge < -0.3 is 4.74 Å². The van der Waals surface area contributed by atoms with Crippen LogP contribution in [0.4, 0.5) is 0 Å². The Morgan fingerprint density at radius 3 is 3.00 bits per heavy atom. The van der Waals surface area contributed by atoms with E-state index in [9.17, 15) is 0 Å². The molecule has 1 unspecified atom stereocenters.